The van der Waals surface area contributed by atoms with Crippen molar-refractivity contribution in [3.05, 3.63) is 36.0 Å². The highest BCUT2D eigenvalue weighted by Gasteiger charge is 2.70. The summed E-state index contributed by atoms with van der Waals surface area (Å²) < 4.78 is 30.1. The lowest BCUT2D eigenvalue weighted by atomic mass is 9.41. The van der Waals surface area contributed by atoms with Crippen LogP contribution in [0.2, 0.25) is 0 Å². The minimum Gasteiger partial charge on any atom is -0.446 e. The molecule has 5 N–H and O–H groups in total. The van der Waals surface area contributed by atoms with Crippen LogP contribution in [-0.2, 0) is 23.7 Å². The summed E-state index contributed by atoms with van der Waals surface area (Å²) in [6.07, 6.45) is 40.6. The van der Waals surface area contributed by atoms with Crippen LogP contribution < -0.4 is 16.8 Å². The molecular formula is C60H108N4O6. The van der Waals surface area contributed by atoms with Crippen molar-refractivity contribution in [3.63, 3.8) is 0 Å². The molecule has 1 aliphatic heterocycles. The van der Waals surface area contributed by atoms with E-state index < -0.39 is 0 Å². The fraction of sp³-hybridized carbons (Fsp3) is 0.883. The van der Waals surface area contributed by atoms with Gasteiger partial charge in [0.1, 0.15) is 6.10 Å². The van der Waals surface area contributed by atoms with Crippen molar-refractivity contribution < 1.29 is 28.5 Å². The van der Waals surface area contributed by atoms with E-state index in [9.17, 15) is 4.79 Å². The molecule has 0 aromatic rings. The molecule has 2 unspecified atom stereocenters. The van der Waals surface area contributed by atoms with Gasteiger partial charge in [-0.15, -0.1) is 0 Å². The number of nitrogens with two attached hydrogens (primary N) is 2. The lowest BCUT2D eigenvalue weighted by molar-refractivity contribution is -0.0902. The van der Waals surface area contributed by atoms with Gasteiger partial charge in [-0.05, 0) is 139 Å². The first-order valence-corrected chi connectivity index (χ1v) is 29.4. The maximum atomic E-state index is 12.9. The van der Waals surface area contributed by atoms with Gasteiger partial charge in [0.05, 0.1) is 45.7 Å². The fourth-order valence-electron chi connectivity index (χ4n) is 14.0. The number of carbonyl (C=O) groups is 1. The second-order valence-electron chi connectivity index (χ2n) is 23.9. The van der Waals surface area contributed by atoms with Gasteiger partial charge in [-0.25, -0.2) is 4.79 Å². The van der Waals surface area contributed by atoms with E-state index in [0.29, 0.717) is 64.1 Å². The second kappa shape index (κ2) is 30.5. The third kappa shape index (κ3) is 16.9. The van der Waals surface area contributed by atoms with Crippen LogP contribution in [0.1, 0.15) is 209 Å². The zero-order valence-electron chi connectivity index (χ0n) is 46.2. The molecule has 0 aromatic heterocycles. The average molecular weight is 982 g/mol. The summed E-state index contributed by atoms with van der Waals surface area (Å²) in [6, 6.07) is 0.598. The van der Waals surface area contributed by atoms with E-state index in [1.165, 1.54) is 108 Å². The molecule has 404 valence electrons. The Labute approximate surface area is 429 Å². The molecular weight excluding hydrogens is 873 g/mol. The maximum absolute atomic E-state index is 12.9. The quantitative estimate of drug-likeness (QED) is 0.0420. The number of unbranched alkanes of at least 4 members (excludes halogenated alkanes) is 9. The molecule has 0 radical (unpaired) electrons. The van der Waals surface area contributed by atoms with Gasteiger partial charge in [-0.2, -0.15) is 0 Å². The molecule has 0 bridgehead atoms. The summed E-state index contributed by atoms with van der Waals surface area (Å²) in [5.41, 5.74) is 16.2. The molecule has 10 heteroatoms. The predicted molar refractivity (Wildman–Crippen MR) is 290 cm³/mol. The SMILES string of the molecule is CCCCC/C=C\C/C=C\CCCCCCCCOCC(CN1CCCC1C)OCCOCCOCCNC(=O)O[C@H]1CC[C@@]2(C)C(=CC[C@@H]3[C@]2(N)CC[C@]2(C)[C@@H]([C@H](C)CCCC(C)C)CC[C@@]32N)C1. The van der Waals surface area contributed by atoms with Crippen molar-refractivity contribution in [1.29, 1.82) is 0 Å². The molecule has 70 heavy (non-hydrogen) atoms. The number of amides is 1. The molecule has 10 atom stereocenters. The second-order valence-corrected chi connectivity index (χ2v) is 23.9. The Morgan fingerprint density at radius 2 is 1.50 bits per heavy atom. The molecule has 0 spiro atoms. The molecule has 4 aliphatic carbocycles. The van der Waals surface area contributed by atoms with Crippen LogP contribution in [0.4, 0.5) is 4.79 Å². The number of fused-ring (bicyclic) bond motifs is 5. The molecule has 1 saturated heterocycles. The number of nitrogens with one attached hydrogen (secondary N) is 1. The van der Waals surface area contributed by atoms with Gasteiger partial charge in [0.25, 0.3) is 0 Å². The maximum Gasteiger partial charge on any atom is 0.407 e. The zero-order chi connectivity index (χ0) is 50.3. The number of carbonyl (C=O) groups excluding carboxylic acids is 1. The Balaban J connectivity index is 0.893. The molecule has 3 saturated carbocycles. The number of alkyl carbamates (subject to hydrolysis) is 1. The van der Waals surface area contributed by atoms with E-state index in [0.717, 1.165) is 83.4 Å². The number of likely N-dealkylation sites (tertiary alicyclic amines) is 1. The van der Waals surface area contributed by atoms with Crippen molar-refractivity contribution in [3.8, 4) is 0 Å². The normalized spacial score (nSPS) is 31.0. The molecule has 1 amide bonds. The Morgan fingerprint density at radius 1 is 0.786 bits per heavy atom. The molecule has 1 heterocycles. The first kappa shape index (κ1) is 59.1. The number of hydrogen-bond acceptors (Lipinski definition) is 9. The number of hydrogen-bond donors (Lipinski definition) is 3. The van der Waals surface area contributed by atoms with Crippen LogP contribution >= 0.6 is 0 Å². The number of rotatable bonds is 35. The molecule has 10 nitrogen and oxygen atoms in total. The monoisotopic (exact) mass is 981 g/mol. The summed E-state index contributed by atoms with van der Waals surface area (Å²) in [5, 5.41) is 2.91. The van der Waals surface area contributed by atoms with Gasteiger partial charge < -0.3 is 40.5 Å². The Hall–Kier alpha value is -1.79. The van der Waals surface area contributed by atoms with Crippen LogP contribution in [0.25, 0.3) is 0 Å². The minimum absolute atomic E-state index is 0.0448. The summed E-state index contributed by atoms with van der Waals surface area (Å²) in [5.74, 6) is 2.39. The first-order chi connectivity index (χ1) is 33.8. The zero-order valence-corrected chi connectivity index (χ0v) is 46.2. The number of nitrogens with zero attached hydrogens (tertiary/aromatic N) is 1. The van der Waals surface area contributed by atoms with Gasteiger partial charge in [0.15, 0.2) is 0 Å². The van der Waals surface area contributed by atoms with Crippen LogP contribution in [0, 0.1) is 34.5 Å². The fourth-order valence-corrected chi connectivity index (χ4v) is 14.0. The van der Waals surface area contributed by atoms with Crippen LogP contribution in [0.3, 0.4) is 0 Å². The summed E-state index contributed by atoms with van der Waals surface area (Å²) in [6.45, 7) is 22.9. The smallest absolute Gasteiger partial charge is 0.407 e. The van der Waals surface area contributed by atoms with Crippen molar-refractivity contribution in [2.24, 2.45) is 46.0 Å². The lowest BCUT2D eigenvalue weighted by Gasteiger charge is -2.67. The number of ether oxygens (including phenoxy) is 5. The standard InChI is InChI=1S/C60H108N4O6/c1-8-9-10-11-12-13-14-15-16-17-18-19-20-21-22-23-39-68-47-53(46-64-38-25-28-50(64)5)69-44-43-67-42-41-66-40-37-63-56(65)70-52-31-33-57(6)51(45-52)29-30-55-59(61)34-32-54(49(4)27-24-26-48(2)3)58(59,7)35-36-60(55,57)62/h12-13,15-16,29,48-50,52-55H,8-11,14,17-28,30-47,61-62H2,1-7H3,(H,63,65)/b13-12-,16-15-/t49-,50?,52+,53?,54-,55+,57+,58-,59-,60-/m1/s1. The average Bonchev–Trinajstić information content (AvgIpc) is 3.86. The van der Waals surface area contributed by atoms with E-state index in [4.69, 9.17) is 35.2 Å². The highest BCUT2D eigenvalue weighted by molar-refractivity contribution is 5.67. The summed E-state index contributed by atoms with van der Waals surface area (Å²) in [4.78, 5) is 15.5. The van der Waals surface area contributed by atoms with Gasteiger partial charge in [0, 0.05) is 48.7 Å². The van der Waals surface area contributed by atoms with E-state index in [1.54, 1.807) is 0 Å². The Kier molecular flexibility index (Phi) is 25.8. The molecule has 5 aliphatic rings. The van der Waals surface area contributed by atoms with E-state index in [1.807, 2.05) is 0 Å². The van der Waals surface area contributed by atoms with Gasteiger partial charge >= 0.3 is 6.09 Å². The third-order valence-electron chi connectivity index (χ3n) is 18.6. The van der Waals surface area contributed by atoms with E-state index in [2.05, 4.69) is 89.1 Å². The molecule has 5 rings (SSSR count). The highest BCUT2D eigenvalue weighted by atomic mass is 16.6. The predicted octanol–water partition coefficient (Wildman–Crippen LogP) is 13.0. The topological polar surface area (TPSA) is 131 Å². The largest absolute Gasteiger partial charge is 0.446 e. The van der Waals surface area contributed by atoms with E-state index in [-0.39, 0.29) is 46.1 Å². The lowest BCUT2D eigenvalue weighted by Crippen LogP contribution is -2.75. The molecule has 4 fully saturated rings. The summed E-state index contributed by atoms with van der Waals surface area (Å²) >= 11 is 0. The van der Waals surface area contributed by atoms with Crippen molar-refractivity contribution in [2.75, 3.05) is 65.9 Å². The van der Waals surface area contributed by atoms with Crippen molar-refractivity contribution in [1.82, 2.24) is 10.2 Å². The van der Waals surface area contributed by atoms with Crippen LogP contribution in [-0.4, -0.2) is 106 Å². The van der Waals surface area contributed by atoms with Gasteiger partial charge in [0.2, 0.25) is 0 Å². The summed E-state index contributed by atoms with van der Waals surface area (Å²) in [7, 11) is 0. The van der Waals surface area contributed by atoms with Crippen molar-refractivity contribution >= 4 is 6.09 Å². The minimum atomic E-state index is -0.375. The van der Waals surface area contributed by atoms with Crippen molar-refractivity contribution in [2.45, 2.75) is 238 Å². The first-order valence-electron chi connectivity index (χ1n) is 29.4. The molecule has 0 aromatic carbocycles. The Morgan fingerprint density at radius 3 is 2.23 bits per heavy atom. The van der Waals surface area contributed by atoms with Gasteiger partial charge in [-0.3, -0.25) is 4.90 Å². The van der Waals surface area contributed by atoms with Crippen LogP contribution in [0.5, 0.6) is 0 Å². The van der Waals surface area contributed by atoms with E-state index >= 15 is 0 Å². The van der Waals surface area contributed by atoms with Gasteiger partial charge in [-0.1, -0.05) is 135 Å². The van der Waals surface area contributed by atoms with Crippen LogP contribution in [0.15, 0.2) is 36.0 Å². The number of allylic oxidation sites excluding steroid dienone is 5. The highest BCUT2D eigenvalue weighted by Crippen LogP contribution is 2.69. The third-order valence-corrected chi connectivity index (χ3v) is 18.6. The Bertz CT molecular complexity index is 1570.